The lowest BCUT2D eigenvalue weighted by Crippen LogP contribution is -2.49. The Morgan fingerprint density at radius 3 is 2.44 bits per heavy atom. The van der Waals surface area contributed by atoms with E-state index in [9.17, 15) is 5.11 Å². The van der Waals surface area contributed by atoms with Gasteiger partial charge in [0.25, 0.3) is 0 Å². The molecular formula is C22H35N3O2. The van der Waals surface area contributed by atoms with Gasteiger partial charge in [-0.25, -0.2) is 0 Å². The second-order valence-electron chi connectivity index (χ2n) is 7.12. The molecule has 1 saturated heterocycles. The fraction of sp³-hybridized carbons (Fsp3) is 0.545. The first-order valence-corrected chi connectivity index (χ1v) is 9.93. The lowest BCUT2D eigenvalue weighted by Gasteiger charge is -2.34. The summed E-state index contributed by atoms with van der Waals surface area (Å²) in [5.41, 5.74) is 1.18. The molecule has 1 N–H and O–H groups in total. The van der Waals surface area contributed by atoms with Gasteiger partial charge in [-0.1, -0.05) is 31.2 Å². The molecule has 2 rings (SSSR count). The third-order valence-electron chi connectivity index (χ3n) is 4.90. The average molecular weight is 374 g/mol. The maximum atomic E-state index is 10.3. The van der Waals surface area contributed by atoms with E-state index in [2.05, 4.69) is 40.8 Å². The summed E-state index contributed by atoms with van der Waals surface area (Å²) < 4.78 is 5.85. The Hall–Kier alpha value is -1.66. The van der Waals surface area contributed by atoms with Gasteiger partial charge < -0.3 is 14.7 Å². The highest BCUT2D eigenvalue weighted by Crippen LogP contribution is 2.15. The summed E-state index contributed by atoms with van der Waals surface area (Å²) >= 11 is 0. The van der Waals surface area contributed by atoms with Crippen LogP contribution in [-0.2, 0) is 6.54 Å². The quantitative estimate of drug-likeness (QED) is 0.569. The van der Waals surface area contributed by atoms with Crippen molar-refractivity contribution in [1.29, 1.82) is 0 Å². The summed E-state index contributed by atoms with van der Waals surface area (Å²) in [5.74, 6) is 0.805. The Bertz CT molecular complexity index is 560. The minimum atomic E-state index is -0.472. The number of nitrogens with zero attached hydrogens (tertiary/aromatic N) is 3. The zero-order valence-electron chi connectivity index (χ0n) is 16.7. The third-order valence-corrected chi connectivity index (χ3v) is 4.90. The molecule has 0 bridgehead atoms. The van der Waals surface area contributed by atoms with Crippen LogP contribution in [0.4, 0.5) is 0 Å². The first-order chi connectivity index (χ1) is 13.1. The van der Waals surface area contributed by atoms with Crippen molar-refractivity contribution in [3.8, 4) is 5.75 Å². The highest BCUT2D eigenvalue weighted by atomic mass is 16.5. The topological polar surface area (TPSA) is 39.2 Å². The number of ether oxygens (including phenoxy) is 1. The van der Waals surface area contributed by atoms with Gasteiger partial charge in [-0.15, -0.1) is 13.2 Å². The van der Waals surface area contributed by atoms with Crippen LogP contribution in [0.25, 0.3) is 0 Å². The summed E-state index contributed by atoms with van der Waals surface area (Å²) in [7, 11) is 0. The highest BCUT2D eigenvalue weighted by Gasteiger charge is 2.18. The van der Waals surface area contributed by atoms with Crippen LogP contribution in [0.15, 0.2) is 49.6 Å². The molecule has 0 radical (unpaired) electrons. The first kappa shape index (κ1) is 21.6. The number of hydrogen-bond donors (Lipinski definition) is 1. The summed E-state index contributed by atoms with van der Waals surface area (Å²) in [6.07, 6.45) is 3.33. The van der Waals surface area contributed by atoms with E-state index >= 15 is 0 Å². The van der Waals surface area contributed by atoms with E-state index in [4.69, 9.17) is 4.74 Å². The molecule has 150 valence electrons. The lowest BCUT2D eigenvalue weighted by atomic mass is 10.2. The van der Waals surface area contributed by atoms with Crippen molar-refractivity contribution in [2.45, 2.75) is 19.6 Å². The minimum absolute atomic E-state index is 0.320. The molecule has 0 aromatic heterocycles. The number of piperazine rings is 1. The normalized spacial score (nSPS) is 17.0. The fourth-order valence-electron chi connectivity index (χ4n) is 3.39. The molecule has 0 aliphatic carbocycles. The van der Waals surface area contributed by atoms with Gasteiger partial charge >= 0.3 is 0 Å². The van der Waals surface area contributed by atoms with E-state index in [-0.39, 0.29) is 0 Å². The van der Waals surface area contributed by atoms with Gasteiger partial charge in [-0.2, -0.15) is 0 Å². The Morgan fingerprint density at radius 1 is 1.15 bits per heavy atom. The average Bonchev–Trinajstić information content (AvgIpc) is 2.68. The molecule has 1 unspecified atom stereocenters. The largest absolute Gasteiger partial charge is 0.491 e. The van der Waals surface area contributed by atoms with E-state index < -0.39 is 6.10 Å². The predicted octanol–water partition coefficient (Wildman–Crippen LogP) is 2.24. The van der Waals surface area contributed by atoms with Crippen LogP contribution in [0.2, 0.25) is 0 Å². The predicted molar refractivity (Wildman–Crippen MR) is 112 cm³/mol. The van der Waals surface area contributed by atoms with E-state index in [0.29, 0.717) is 13.2 Å². The SMILES string of the molecule is C=CCN(CC=C)Cc1cccc(OCC(O)CN2CCN(CC)CC2)c1. The van der Waals surface area contributed by atoms with Crippen LogP contribution in [-0.4, -0.2) is 84.9 Å². The molecular weight excluding hydrogens is 338 g/mol. The second kappa shape index (κ2) is 11.9. The molecule has 27 heavy (non-hydrogen) atoms. The van der Waals surface area contributed by atoms with Crippen molar-refractivity contribution in [2.24, 2.45) is 0 Å². The molecule has 1 aliphatic heterocycles. The van der Waals surface area contributed by atoms with Crippen molar-refractivity contribution in [2.75, 3.05) is 59.0 Å². The van der Waals surface area contributed by atoms with Crippen molar-refractivity contribution in [1.82, 2.24) is 14.7 Å². The number of aliphatic hydroxyl groups is 1. The van der Waals surface area contributed by atoms with Gasteiger partial charge in [0, 0.05) is 52.4 Å². The summed E-state index contributed by atoms with van der Waals surface area (Å²) in [6.45, 7) is 18.6. The van der Waals surface area contributed by atoms with Crippen LogP contribution in [0.3, 0.4) is 0 Å². The number of likely N-dealkylation sites (N-methyl/N-ethyl adjacent to an activating group) is 1. The zero-order valence-corrected chi connectivity index (χ0v) is 16.7. The van der Waals surface area contributed by atoms with Gasteiger partial charge in [0.2, 0.25) is 0 Å². The number of aliphatic hydroxyl groups excluding tert-OH is 1. The lowest BCUT2D eigenvalue weighted by molar-refractivity contribution is 0.0470. The Morgan fingerprint density at radius 2 is 1.81 bits per heavy atom. The van der Waals surface area contributed by atoms with Gasteiger partial charge in [-0.3, -0.25) is 9.80 Å². The number of β-amino-alcohol motifs (C(OH)–C–C–N with tert-alkyl or cyclic N) is 1. The number of hydrogen-bond acceptors (Lipinski definition) is 5. The Balaban J connectivity index is 1.78. The molecule has 1 heterocycles. The molecule has 1 atom stereocenters. The third kappa shape index (κ3) is 7.85. The minimum Gasteiger partial charge on any atom is -0.491 e. The maximum absolute atomic E-state index is 10.3. The van der Waals surface area contributed by atoms with Crippen molar-refractivity contribution in [3.63, 3.8) is 0 Å². The van der Waals surface area contributed by atoms with Gasteiger partial charge in [0.15, 0.2) is 0 Å². The molecule has 1 fully saturated rings. The van der Waals surface area contributed by atoms with E-state index in [1.165, 1.54) is 5.56 Å². The van der Waals surface area contributed by atoms with Gasteiger partial charge in [-0.05, 0) is 24.2 Å². The summed E-state index contributed by atoms with van der Waals surface area (Å²) in [5, 5.41) is 10.3. The van der Waals surface area contributed by atoms with Crippen LogP contribution < -0.4 is 4.74 Å². The van der Waals surface area contributed by atoms with E-state index in [1.54, 1.807) is 0 Å². The molecule has 1 aromatic carbocycles. The summed E-state index contributed by atoms with van der Waals surface area (Å²) in [4.78, 5) is 7.01. The fourth-order valence-corrected chi connectivity index (χ4v) is 3.39. The van der Waals surface area contributed by atoms with Gasteiger partial charge in [0.1, 0.15) is 18.5 Å². The molecule has 0 amide bonds. The molecule has 0 spiro atoms. The Kier molecular flexibility index (Phi) is 9.56. The molecule has 5 nitrogen and oxygen atoms in total. The maximum Gasteiger partial charge on any atom is 0.119 e. The molecule has 1 aromatic rings. The standard InChI is InChI=1S/C22H35N3O2/c1-4-10-24(11-5-2)17-20-8-7-9-22(16-20)27-19-21(26)18-25-14-12-23(6-3)13-15-25/h4-5,7-9,16,21,26H,1-2,6,10-15,17-19H2,3H3. The number of rotatable bonds is 12. The van der Waals surface area contributed by atoms with Gasteiger partial charge in [0.05, 0.1) is 0 Å². The molecule has 1 aliphatic rings. The van der Waals surface area contributed by atoms with Crippen LogP contribution in [0.5, 0.6) is 5.75 Å². The van der Waals surface area contributed by atoms with Crippen LogP contribution in [0.1, 0.15) is 12.5 Å². The molecule has 5 heteroatoms. The van der Waals surface area contributed by atoms with Crippen LogP contribution >= 0.6 is 0 Å². The first-order valence-electron chi connectivity index (χ1n) is 9.93. The summed E-state index contributed by atoms with van der Waals surface area (Å²) in [6, 6.07) is 8.09. The van der Waals surface area contributed by atoms with Crippen molar-refractivity contribution >= 4 is 0 Å². The number of benzene rings is 1. The van der Waals surface area contributed by atoms with Crippen molar-refractivity contribution in [3.05, 3.63) is 55.1 Å². The smallest absolute Gasteiger partial charge is 0.119 e. The van der Waals surface area contributed by atoms with E-state index in [1.807, 2.05) is 30.4 Å². The van der Waals surface area contributed by atoms with Crippen molar-refractivity contribution < 1.29 is 9.84 Å². The van der Waals surface area contributed by atoms with Crippen LogP contribution in [0, 0.1) is 0 Å². The zero-order chi connectivity index (χ0) is 19.5. The second-order valence-corrected chi connectivity index (χ2v) is 7.12. The Labute approximate surface area is 164 Å². The molecule has 0 saturated carbocycles. The van der Waals surface area contributed by atoms with E-state index in [0.717, 1.165) is 58.1 Å². The highest BCUT2D eigenvalue weighted by molar-refractivity contribution is 5.28. The monoisotopic (exact) mass is 373 g/mol.